The maximum absolute atomic E-state index is 14.4. The van der Waals surface area contributed by atoms with E-state index in [1.54, 1.807) is 18.3 Å². The highest BCUT2D eigenvalue weighted by molar-refractivity contribution is 5.89. The summed E-state index contributed by atoms with van der Waals surface area (Å²) >= 11 is 0. The van der Waals surface area contributed by atoms with Crippen molar-refractivity contribution in [3.8, 4) is 17.0 Å². The van der Waals surface area contributed by atoms with Gasteiger partial charge in [-0.25, -0.2) is 9.37 Å². The topological polar surface area (TPSA) is 51.8 Å². The third-order valence-electron chi connectivity index (χ3n) is 4.19. The van der Waals surface area contributed by atoms with Gasteiger partial charge in [-0.15, -0.1) is 0 Å². The molecule has 0 amide bonds. The molecule has 2 aliphatic rings. The second-order valence-corrected chi connectivity index (χ2v) is 5.44. The van der Waals surface area contributed by atoms with Gasteiger partial charge in [-0.3, -0.25) is 9.98 Å². The summed E-state index contributed by atoms with van der Waals surface area (Å²) in [6, 6.07) is 4.96. The first-order chi connectivity index (χ1) is 10.7. The van der Waals surface area contributed by atoms with Gasteiger partial charge in [-0.1, -0.05) is 0 Å². The number of aliphatic imine (C=N–C) groups is 2. The molecule has 22 heavy (non-hydrogen) atoms. The highest BCUT2D eigenvalue weighted by Crippen LogP contribution is 2.35. The van der Waals surface area contributed by atoms with Crippen LogP contribution in [0.25, 0.3) is 11.3 Å². The standard InChI is InChI=1S/C16H15FN4O/c1-9-20-15(11-4-3-10(22-2)7-12(11)17)14-8-19-16-13(21(9)14)5-6-18-16/h3-4,6-8,13,16H,5H2,1-2H3. The van der Waals surface area contributed by atoms with Gasteiger partial charge in [-0.05, 0) is 19.1 Å². The Morgan fingerprint density at radius 3 is 2.95 bits per heavy atom. The molecule has 0 N–H and O–H groups in total. The number of nitrogens with zero attached hydrogens (tertiary/aromatic N) is 4. The molecule has 0 spiro atoms. The monoisotopic (exact) mass is 298 g/mol. The van der Waals surface area contributed by atoms with Gasteiger partial charge in [0.25, 0.3) is 0 Å². The number of halogens is 1. The van der Waals surface area contributed by atoms with Crippen LogP contribution < -0.4 is 4.74 Å². The van der Waals surface area contributed by atoms with E-state index in [1.165, 1.54) is 13.2 Å². The lowest BCUT2D eigenvalue weighted by Crippen LogP contribution is -2.24. The second kappa shape index (κ2) is 4.76. The van der Waals surface area contributed by atoms with Crippen LogP contribution in [0.1, 0.15) is 24.0 Å². The molecular weight excluding hydrogens is 283 g/mol. The normalized spacial score (nSPS) is 21.8. The Hall–Kier alpha value is -2.50. The summed E-state index contributed by atoms with van der Waals surface area (Å²) in [6.07, 6.45) is 4.41. The smallest absolute Gasteiger partial charge is 0.160 e. The Labute approximate surface area is 127 Å². The van der Waals surface area contributed by atoms with Crippen molar-refractivity contribution in [3.63, 3.8) is 0 Å². The summed E-state index contributed by atoms with van der Waals surface area (Å²) in [7, 11) is 1.52. The Morgan fingerprint density at radius 1 is 1.32 bits per heavy atom. The first-order valence-electron chi connectivity index (χ1n) is 7.16. The van der Waals surface area contributed by atoms with Gasteiger partial charge >= 0.3 is 0 Å². The van der Waals surface area contributed by atoms with E-state index in [2.05, 4.69) is 19.5 Å². The highest BCUT2D eigenvalue weighted by atomic mass is 19.1. The molecule has 2 atom stereocenters. The van der Waals surface area contributed by atoms with E-state index < -0.39 is 0 Å². The maximum Gasteiger partial charge on any atom is 0.160 e. The lowest BCUT2D eigenvalue weighted by Gasteiger charge is -2.23. The first-order valence-corrected chi connectivity index (χ1v) is 7.16. The van der Waals surface area contributed by atoms with Gasteiger partial charge in [0, 0.05) is 24.3 Å². The molecule has 5 nitrogen and oxygen atoms in total. The molecule has 1 aromatic carbocycles. The van der Waals surface area contributed by atoms with Crippen molar-refractivity contribution >= 4 is 12.4 Å². The van der Waals surface area contributed by atoms with Gasteiger partial charge in [-0.2, -0.15) is 0 Å². The van der Waals surface area contributed by atoms with Crippen molar-refractivity contribution in [1.29, 1.82) is 0 Å². The molecule has 0 saturated heterocycles. The molecule has 2 aromatic rings. The predicted octanol–water partition coefficient (Wildman–Crippen LogP) is 2.78. The van der Waals surface area contributed by atoms with Crippen LogP contribution in [0.15, 0.2) is 28.2 Å². The molecule has 0 aliphatic carbocycles. The van der Waals surface area contributed by atoms with E-state index in [0.717, 1.165) is 17.9 Å². The summed E-state index contributed by atoms with van der Waals surface area (Å²) in [5.41, 5.74) is 1.92. The molecule has 2 unspecified atom stereocenters. The van der Waals surface area contributed by atoms with Crippen LogP contribution in [0.4, 0.5) is 4.39 Å². The summed E-state index contributed by atoms with van der Waals surface area (Å²) in [4.78, 5) is 13.4. The SMILES string of the molecule is COc1ccc(-c2nc(C)n3c2C=NC2N=CCC23)c(F)c1. The van der Waals surface area contributed by atoms with Crippen LogP contribution in [0.2, 0.25) is 0 Å². The van der Waals surface area contributed by atoms with Crippen LogP contribution in [-0.4, -0.2) is 35.3 Å². The van der Waals surface area contributed by atoms with Crippen LogP contribution in [0.5, 0.6) is 5.75 Å². The number of hydrogen-bond donors (Lipinski definition) is 0. The highest BCUT2D eigenvalue weighted by Gasteiger charge is 2.33. The lowest BCUT2D eigenvalue weighted by atomic mass is 10.1. The van der Waals surface area contributed by atoms with Crippen molar-refractivity contribution in [1.82, 2.24) is 9.55 Å². The third kappa shape index (κ3) is 1.80. The molecular formula is C16H15FN4O. The zero-order valence-electron chi connectivity index (χ0n) is 12.3. The van der Waals surface area contributed by atoms with Crippen molar-refractivity contribution in [2.24, 2.45) is 9.98 Å². The first kappa shape index (κ1) is 13.2. The number of methoxy groups -OCH3 is 1. The van der Waals surface area contributed by atoms with E-state index in [0.29, 0.717) is 17.0 Å². The minimum atomic E-state index is -0.349. The quantitative estimate of drug-likeness (QED) is 0.856. The summed E-state index contributed by atoms with van der Waals surface area (Å²) in [6.45, 7) is 1.93. The van der Waals surface area contributed by atoms with E-state index >= 15 is 0 Å². The fraction of sp³-hybridized carbons (Fsp3) is 0.312. The molecule has 112 valence electrons. The fourth-order valence-corrected chi connectivity index (χ4v) is 3.14. The van der Waals surface area contributed by atoms with Crippen molar-refractivity contribution in [2.45, 2.75) is 25.6 Å². The number of aryl methyl sites for hydroxylation is 1. The molecule has 0 bridgehead atoms. The average Bonchev–Trinajstić information content (AvgIpc) is 3.11. The average molecular weight is 298 g/mol. The number of hydrogen-bond acceptors (Lipinski definition) is 4. The molecule has 6 heteroatoms. The van der Waals surface area contributed by atoms with Gasteiger partial charge in [0.15, 0.2) is 6.17 Å². The summed E-state index contributed by atoms with van der Waals surface area (Å²) < 4.78 is 21.5. The van der Waals surface area contributed by atoms with Crippen molar-refractivity contribution < 1.29 is 9.13 Å². The van der Waals surface area contributed by atoms with E-state index in [9.17, 15) is 4.39 Å². The maximum atomic E-state index is 14.4. The number of benzene rings is 1. The Kier molecular flexibility index (Phi) is 2.85. The number of ether oxygens (including phenoxy) is 1. The number of fused-ring (bicyclic) bond motifs is 3. The number of rotatable bonds is 2. The Balaban J connectivity index is 1.86. The van der Waals surface area contributed by atoms with E-state index in [4.69, 9.17) is 4.74 Å². The largest absolute Gasteiger partial charge is 0.497 e. The molecule has 0 saturated carbocycles. The fourth-order valence-electron chi connectivity index (χ4n) is 3.14. The van der Waals surface area contributed by atoms with E-state index in [1.807, 2.05) is 13.1 Å². The zero-order chi connectivity index (χ0) is 15.3. The summed E-state index contributed by atoms with van der Waals surface area (Å²) in [5, 5.41) is 0. The molecule has 4 rings (SSSR count). The molecule has 3 heterocycles. The molecule has 2 aliphatic heterocycles. The van der Waals surface area contributed by atoms with Crippen LogP contribution in [0.3, 0.4) is 0 Å². The van der Waals surface area contributed by atoms with Gasteiger partial charge in [0.1, 0.15) is 23.1 Å². The minimum Gasteiger partial charge on any atom is -0.497 e. The number of aromatic nitrogens is 2. The third-order valence-corrected chi connectivity index (χ3v) is 4.19. The van der Waals surface area contributed by atoms with Crippen molar-refractivity contribution in [3.05, 3.63) is 35.5 Å². The van der Waals surface area contributed by atoms with Crippen LogP contribution in [0, 0.1) is 12.7 Å². The Bertz CT molecular complexity index is 809. The zero-order valence-corrected chi connectivity index (χ0v) is 12.3. The number of imidazole rings is 1. The second-order valence-electron chi connectivity index (χ2n) is 5.44. The van der Waals surface area contributed by atoms with Gasteiger partial charge < -0.3 is 9.30 Å². The Morgan fingerprint density at radius 2 is 2.18 bits per heavy atom. The van der Waals surface area contributed by atoms with Crippen molar-refractivity contribution in [2.75, 3.05) is 7.11 Å². The van der Waals surface area contributed by atoms with Crippen LogP contribution in [-0.2, 0) is 0 Å². The molecule has 1 aromatic heterocycles. The van der Waals surface area contributed by atoms with E-state index in [-0.39, 0.29) is 18.0 Å². The summed E-state index contributed by atoms with van der Waals surface area (Å²) in [5.74, 6) is 0.995. The van der Waals surface area contributed by atoms with Crippen LogP contribution >= 0.6 is 0 Å². The molecule has 0 radical (unpaired) electrons. The predicted molar refractivity (Wildman–Crippen MR) is 82.4 cm³/mol. The van der Waals surface area contributed by atoms with Gasteiger partial charge in [0.2, 0.25) is 0 Å². The van der Waals surface area contributed by atoms with Gasteiger partial charge in [0.05, 0.1) is 25.1 Å². The lowest BCUT2D eigenvalue weighted by molar-refractivity contribution is 0.411. The molecule has 0 fully saturated rings. The minimum absolute atomic E-state index is 0.0750.